The second-order valence-corrected chi connectivity index (χ2v) is 4.19. The van der Waals surface area contributed by atoms with Crippen LogP contribution in [0.4, 0.5) is 0 Å². The predicted octanol–water partition coefficient (Wildman–Crippen LogP) is 2.08. The molecule has 3 heteroatoms. The van der Waals surface area contributed by atoms with Crippen LogP contribution in [0.2, 0.25) is 0 Å². The zero-order valence-corrected chi connectivity index (χ0v) is 8.90. The van der Waals surface area contributed by atoms with Crippen molar-refractivity contribution in [1.29, 1.82) is 0 Å². The van der Waals surface area contributed by atoms with E-state index in [0.717, 1.165) is 29.6 Å². The Bertz CT molecular complexity index is 529. The highest BCUT2D eigenvalue weighted by atomic mass is 16.3. The smallest absolute Gasteiger partial charge is 0.142 e. The summed E-state index contributed by atoms with van der Waals surface area (Å²) >= 11 is 0. The molecule has 3 nitrogen and oxygen atoms in total. The Morgan fingerprint density at radius 2 is 2.25 bits per heavy atom. The summed E-state index contributed by atoms with van der Waals surface area (Å²) in [6.45, 7) is 1.56. The number of rotatable bonds is 1. The fraction of sp³-hybridized carbons (Fsp3) is 0.308. The average Bonchev–Trinajstić information content (AvgIpc) is 2.76. The summed E-state index contributed by atoms with van der Waals surface area (Å²) in [5.41, 5.74) is 1.96. The molecule has 16 heavy (non-hydrogen) atoms. The highest BCUT2D eigenvalue weighted by molar-refractivity contribution is 5.88. The lowest BCUT2D eigenvalue weighted by molar-refractivity contribution is -0.121. The van der Waals surface area contributed by atoms with Gasteiger partial charge in [0.05, 0.1) is 12.2 Å². The Labute approximate surface area is 93.4 Å². The van der Waals surface area contributed by atoms with Gasteiger partial charge in [0.25, 0.3) is 0 Å². The zero-order chi connectivity index (χ0) is 11.0. The van der Waals surface area contributed by atoms with Crippen LogP contribution in [-0.2, 0) is 4.79 Å². The third kappa shape index (κ3) is 1.53. The number of hydrogen-bond acceptors (Lipinski definition) is 3. The molecule has 0 aliphatic carbocycles. The summed E-state index contributed by atoms with van der Waals surface area (Å²) < 4.78 is 5.29. The number of furan rings is 1. The van der Waals surface area contributed by atoms with Crippen LogP contribution in [0.25, 0.3) is 11.0 Å². The first-order chi connectivity index (χ1) is 7.84. The van der Waals surface area contributed by atoms with Gasteiger partial charge in [-0.3, -0.25) is 4.79 Å². The largest absolute Gasteiger partial charge is 0.464 e. The van der Waals surface area contributed by atoms with E-state index >= 15 is 0 Å². The third-order valence-electron chi connectivity index (χ3n) is 3.16. The predicted molar refractivity (Wildman–Crippen MR) is 61.4 cm³/mol. The van der Waals surface area contributed by atoms with E-state index < -0.39 is 0 Å². The van der Waals surface area contributed by atoms with Crippen molar-refractivity contribution in [3.63, 3.8) is 0 Å². The molecule has 1 N–H and O–H groups in total. The third-order valence-corrected chi connectivity index (χ3v) is 3.16. The van der Waals surface area contributed by atoms with Gasteiger partial charge in [-0.1, -0.05) is 6.07 Å². The Kier molecular flexibility index (Phi) is 2.26. The molecule has 2 aromatic rings. The van der Waals surface area contributed by atoms with Gasteiger partial charge < -0.3 is 9.73 Å². The van der Waals surface area contributed by atoms with Crippen LogP contribution >= 0.6 is 0 Å². The number of ketones is 1. The average molecular weight is 215 g/mol. The summed E-state index contributed by atoms with van der Waals surface area (Å²) in [5, 5.41) is 4.33. The molecule has 1 fully saturated rings. The van der Waals surface area contributed by atoms with Crippen molar-refractivity contribution in [3.05, 3.63) is 36.1 Å². The molecule has 0 amide bonds. The molecule has 1 aliphatic rings. The number of carbonyl (C=O) groups excluding carboxylic acids is 1. The molecular formula is C13H13NO2. The molecule has 1 aromatic heterocycles. The summed E-state index contributed by atoms with van der Waals surface area (Å²) in [5.74, 6) is 0.342. The Hall–Kier alpha value is -1.61. The minimum absolute atomic E-state index is 0.00745. The first-order valence-electron chi connectivity index (χ1n) is 5.55. The molecule has 82 valence electrons. The standard InChI is InChI=1S/C13H13NO2/c15-12-3-5-14-8-11(12)9-1-2-13-10(7-9)4-6-16-13/h1-2,4,6-7,11,14H,3,5,8H2. The highest BCUT2D eigenvalue weighted by Gasteiger charge is 2.23. The maximum absolute atomic E-state index is 11.8. The van der Waals surface area contributed by atoms with Crippen LogP contribution in [-0.4, -0.2) is 18.9 Å². The summed E-state index contributed by atoms with van der Waals surface area (Å²) in [4.78, 5) is 11.8. The molecule has 0 radical (unpaired) electrons. The summed E-state index contributed by atoms with van der Waals surface area (Å²) in [6.07, 6.45) is 2.31. The van der Waals surface area contributed by atoms with Gasteiger partial charge >= 0.3 is 0 Å². The molecule has 1 saturated heterocycles. The van der Waals surface area contributed by atoms with Crippen molar-refractivity contribution in [1.82, 2.24) is 5.32 Å². The van der Waals surface area contributed by atoms with E-state index in [1.54, 1.807) is 6.26 Å². The van der Waals surface area contributed by atoms with E-state index in [0.29, 0.717) is 12.2 Å². The van der Waals surface area contributed by atoms with E-state index in [4.69, 9.17) is 4.42 Å². The molecule has 1 aromatic carbocycles. The molecular weight excluding hydrogens is 202 g/mol. The van der Waals surface area contributed by atoms with Crippen molar-refractivity contribution in [2.24, 2.45) is 0 Å². The van der Waals surface area contributed by atoms with E-state index in [1.807, 2.05) is 18.2 Å². The maximum atomic E-state index is 11.8. The number of Topliss-reactive ketones (excluding diaryl/α,β-unsaturated/α-hetero) is 1. The quantitative estimate of drug-likeness (QED) is 0.792. The Balaban J connectivity index is 2.00. The topological polar surface area (TPSA) is 42.2 Å². The molecule has 2 heterocycles. The van der Waals surface area contributed by atoms with Gasteiger partial charge in [-0.25, -0.2) is 0 Å². The van der Waals surface area contributed by atoms with Gasteiger partial charge in [-0.15, -0.1) is 0 Å². The lowest BCUT2D eigenvalue weighted by Gasteiger charge is -2.21. The zero-order valence-electron chi connectivity index (χ0n) is 8.90. The minimum atomic E-state index is 0.00745. The molecule has 0 spiro atoms. The van der Waals surface area contributed by atoms with E-state index in [2.05, 4.69) is 11.4 Å². The van der Waals surface area contributed by atoms with E-state index in [9.17, 15) is 4.79 Å². The SMILES string of the molecule is O=C1CCNCC1c1ccc2occc2c1. The minimum Gasteiger partial charge on any atom is -0.464 e. The molecule has 0 bridgehead atoms. The van der Waals surface area contributed by atoms with Gasteiger partial charge in [0.1, 0.15) is 11.4 Å². The second kappa shape index (κ2) is 3.76. The van der Waals surface area contributed by atoms with Gasteiger partial charge in [0.2, 0.25) is 0 Å². The first-order valence-corrected chi connectivity index (χ1v) is 5.55. The molecule has 1 atom stereocenters. The van der Waals surface area contributed by atoms with Crippen LogP contribution in [0, 0.1) is 0 Å². The van der Waals surface area contributed by atoms with Crippen LogP contribution in [0.15, 0.2) is 34.9 Å². The monoisotopic (exact) mass is 215 g/mol. The fourth-order valence-corrected chi connectivity index (χ4v) is 2.25. The Morgan fingerprint density at radius 3 is 3.12 bits per heavy atom. The second-order valence-electron chi connectivity index (χ2n) is 4.19. The number of carbonyl (C=O) groups is 1. The number of fused-ring (bicyclic) bond motifs is 1. The number of piperidine rings is 1. The van der Waals surface area contributed by atoms with Crippen molar-refractivity contribution in [2.75, 3.05) is 13.1 Å². The van der Waals surface area contributed by atoms with Crippen LogP contribution in [0.5, 0.6) is 0 Å². The van der Waals surface area contributed by atoms with Gasteiger partial charge in [-0.2, -0.15) is 0 Å². The lowest BCUT2D eigenvalue weighted by atomic mass is 9.90. The lowest BCUT2D eigenvalue weighted by Crippen LogP contribution is -2.35. The van der Waals surface area contributed by atoms with Crippen LogP contribution < -0.4 is 5.32 Å². The normalized spacial score (nSPS) is 21.5. The van der Waals surface area contributed by atoms with Crippen LogP contribution in [0.1, 0.15) is 17.9 Å². The number of hydrogen-bond donors (Lipinski definition) is 1. The van der Waals surface area contributed by atoms with Gasteiger partial charge in [0, 0.05) is 24.9 Å². The Morgan fingerprint density at radius 1 is 1.31 bits per heavy atom. The van der Waals surface area contributed by atoms with Gasteiger partial charge in [-0.05, 0) is 23.8 Å². The molecule has 1 unspecified atom stereocenters. The fourth-order valence-electron chi connectivity index (χ4n) is 2.25. The summed E-state index contributed by atoms with van der Waals surface area (Å²) in [7, 11) is 0. The number of benzene rings is 1. The van der Waals surface area contributed by atoms with Crippen LogP contribution in [0.3, 0.4) is 0 Å². The maximum Gasteiger partial charge on any atom is 0.142 e. The van der Waals surface area contributed by atoms with Crippen molar-refractivity contribution in [3.8, 4) is 0 Å². The van der Waals surface area contributed by atoms with E-state index in [1.165, 1.54) is 0 Å². The van der Waals surface area contributed by atoms with Crippen molar-refractivity contribution < 1.29 is 9.21 Å². The highest BCUT2D eigenvalue weighted by Crippen LogP contribution is 2.24. The molecule has 0 saturated carbocycles. The number of nitrogens with one attached hydrogen (secondary N) is 1. The summed E-state index contributed by atoms with van der Waals surface area (Å²) in [6, 6.07) is 7.90. The van der Waals surface area contributed by atoms with E-state index in [-0.39, 0.29) is 5.92 Å². The van der Waals surface area contributed by atoms with Crippen molar-refractivity contribution >= 4 is 16.8 Å². The van der Waals surface area contributed by atoms with Crippen molar-refractivity contribution in [2.45, 2.75) is 12.3 Å². The van der Waals surface area contributed by atoms with Gasteiger partial charge in [0.15, 0.2) is 0 Å². The molecule has 3 rings (SSSR count). The molecule has 1 aliphatic heterocycles. The first kappa shape index (κ1) is 9.60.